The molecule has 0 spiro atoms. The molecule has 0 aromatic heterocycles. The number of carbonyl (C=O) groups is 2. The number of rotatable bonds is 7. The van der Waals surface area contributed by atoms with Gasteiger partial charge in [-0.1, -0.05) is 29.8 Å². The Balaban J connectivity index is 1.36. The highest BCUT2D eigenvalue weighted by Gasteiger charge is 2.30. The van der Waals surface area contributed by atoms with E-state index in [0.29, 0.717) is 23.7 Å². The Hall–Kier alpha value is -2.77. The number of ether oxygens (including phenoxy) is 1. The SMILES string of the molecule is CC(C)(Oc1ccc(Cl)cc1)C(=O)NNC(=O)CCN1CCN(c2ccccc2)CC1. The lowest BCUT2D eigenvalue weighted by atomic mass is 10.1. The molecule has 1 aliphatic heterocycles. The van der Waals surface area contributed by atoms with Gasteiger partial charge in [0.2, 0.25) is 5.91 Å². The maximum atomic E-state index is 12.4. The fourth-order valence-electron chi connectivity index (χ4n) is 3.31. The van der Waals surface area contributed by atoms with Crippen LogP contribution in [0.2, 0.25) is 5.02 Å². The molecule has 1 heterocycles. The molecule has 8 heteroatoms. The van der Waals surface area contributed by atoms with E-state index in [1.807, 2.05) is 18.2 Å². The third kappa shape index (κ3) is 6.87. The summed E-state index contributed by atoms with van der Waals surface area (Å²) in [5, 5.41) is 0.586. The summed E-state index contributed by atoms with van der Waals surface area (Å²) in [4.78, 5) is 29.2. The van der Waals surface area contributed by atoms with Crippen LogP contribution in [0.15, 0.2) is 54.6 Å². The van der Waals surface area contributed by atoms with Crippen molar-refractivity contribution >= 4 is 29.1 Å². The van der Waals surface area contributed by atoms with E-state index < -0.39 is 11.5 Å². The van der Waals surface area contributed by atoms with Crippen molar-refractivity contribution in [1.29, 1.82) is 0 Å². The van der Waals surface area contributed by atoms with Crippen LogP contribution in [-0.2, 0) is 9.59 Å². The molecule has 0 bridgehead atoms. The van der Waals surface area contributed by atoms with Crippen LogP contribution >= 0.6 is 11.6 Å². The summed E-state index contributed by atoms with van der Waals surface area (Å²) in [6.07, 6.45) is 0.310. The second-order valence-electron chi connectivity index (χ2n) is 7.98. The third-order valence-corrected chi connectivity index (χ3v) is 5.45. The number of hydrazine groups is 1. The number of benzene rings is 2. The summed E-state index contributed by atoms with van der Waals surface area (Å²) in [7, 11) is 0. The van der Waals surface area contributed by atoms with Gasteiger partial charge in [-0.3, -0.25) is 25.3 Å². The van der Waals surface area contributed by atoms with Gasteiger partial charge in [-0.05, 0) is 50.2 Å². The van der Waals surface area contributed by atoms with Gasteiger partial charge in [0.25, 0.3) is 5.91 Å². The van der Waals surface area contributed by atoms with Crippen LogP contribution < -0.4 is 20.5 Å². The van der Waals surface area contributed by atoms with Crippen molar-refractivity contribution in [3.63, 3.8) is 0 Å². The Morgan fingerprint density at radius 1 is 0.968 bits per heavy atom. The number of hydrogen-bond acceptors (Lipinski definition) is 5. The molecule has 7 nitrogen and oxygen atoms in total. The molecule has 166 valence electrons. The van der Waals surface area contributed by atoms with Crippen molar-refractivity contribution in [3.8, 4) is 5.75 Å². The predicted octanol–water partition coefficient (Wildman–Crippen LogP) is 2.86. The van der Waals surface area contributed by atoms with Crippen LogP contribution in [-0.4, -0.2) is 55.0 Å². The Morgan fingerprint density at radius 2 is 1.61 bits per heavy atom. The first-order valence-corrected chi connectivity index (χ1v) is 10.8. The number of para-hydroxylation sites is 1. The topological polar surface area (TPSA) is 73.9 Å². The molecular weight excluding hydrogens is 416 g/mol. The Bertz CT molecular complexity index is 866. The van der Waals surface area contributed by atoms with Crippen LogP contribution in [0.5, 0.6) is 5.75 Å². The highest BCUT2D eigenvalue weighted by Crippen LogP contribution is 2.21. The van der Waals surface area contributed by atoms with Crippen molar-refractivity contribution in [2.45, 2.75) is 25.9 Å². The molecule has 1 fully saturated rings. The van der Waals surface area contributed by atoms with E-state index in [9.17, 15) is 9.59 Å². The highest BCUT2D eigenvalue weighted by atomic mass is 35.5. The van der Waals surface area contributed by atoms with Crippen LogP contribution in [0.25, 0.3) is 0 Å². The van der Waals surface area contributed by atoms with Crippen molar-refractivity contribution in [2.24, 2.45) is 0 Å². The van der Waals surface area contributed by atoms with Gasteiger partial charge in [0.1, 0.15) is 5.75 Å². The molecule has 1 aliphatic rings. The minimum absolute atomic E-state index is 0.235. The van der Waals surface area contributed by atoms with Crippen LogP contribution in [0.1, 0.15) is 20.3 Å². The summed E-state index contributed by atoms with van der Waals surface area (Å²) in [5.74, 6) is -0.154. The number of hydrogen-bond donors (Lipinski definition) is 2. The summed E-state index contributed by atoms with van der Waals surface area (Å²) in [5.41, 5.74) is 5.01. The molecule has 1 saturated heterocycles. The summed E-state index contributed by atoms with van der Waals surface area (Å²) < 4.78 is 5.72. The molecule has 31 heavy (non-hydrogen) atoms. The zero-order valence-electron chi connectivity index (χ0n) is 17.9. The minimum Gasteiger partial charge on any atom is -0.478 e. The molecule has 2 aromatic carbocycles. The normalized spacial score (nSPS) is 14.7. The monoisotopic (exact) mass is 444 g/mol. The molecule has 2 N–H and O–H groups in total. The number of nitrogens with zero attached hydrogens (tertiary/aromatic N) is 2. The lowest BCUT2D eigenvalue weighted by molar-refractivity contribution is -0.138. The number of amides is 2. The predicted molar refractivity (Wildman–Crippen MR) is 122 cm³/mol. The Morgan fingerprint density at radius 3 is 2.26 bits per heavy atom. The summed E-state index contributed by atoms with van der Waals surface area (Å²) in [6, 6.07) is 17.1. The number of anilines is 1. The van der Waals surface area contributed by atoms with Crippen LogP contribution in [0, 0.1) is 0 Å². The molecule has 0 saturated carbocycles. The quantitative estimate of drug-likeness (QED) is 0.642. The zero-order chi connectivity index (χ0) is 22.3. The largest absolute Gasteiger partial charge is 0.478 e. The van der Waals surface area contributed by atoms with Gasteiger partial charge in [0, 0.05) is 49.9 Å². The molecule has 2 aromatic rings. The minimum atomic E-state index is -1.16. The van der Waals surface area contributed by atoms with E-state index in [-0.39, 0.29) is 5.91 Å². The fraction of sp³-hybridized carbons (Fsp3) is 0.391. The molecule has 0 atom stereocenters. The summed E-state index contributed by atoms with van der Waals surface area (Å²) >= 11 is 5.86. The average molecular weight is 445 g/mol. The number of carbonyl (C=O) groups excluding carboxylic acids is 2. The first-order valence-electron chi connectivity index (χ1n) is 10.4. The first kappa shape index (κ1) is 22.9. The number of piperazine rings is 1. The Kier molecular flexibility index (Phi) is 7.76. The fourth-order valence-corrected chi connectivity index (χ4v) is 3.44. The number of nitrogens with one attached hydrogen (secondary N) is 2. The van der Waals surface area contributed by atoms with E-state index >= 15 is 0 Å². The van der Waals surface area contributed by atoms with E-state index in [1.165, 1.54) is 5.69 Å². The maximum absolute atomic E-state index is 12.4. The maximum Gasteiger partial charge on any atom is 0.281 e. The first-order chi connectivity index (χ1) is 14.8. The lowest BCUT2D eigenvalue weighted by Gasteiger charge is -2.36. The second kappa shape index (κ2) is 10.5. The standard InChI is InChI=1S/C23H29ClN4O3/c1-23(2,31-20-10-8-18(24)9-11-20)22(30)26-25-21(29)12-13-27-14-16-28(17-15-27)19-6-4-3-5-7-19/h3-11H,12-17H2,1-2H3,(H,25,29)(H,26,30). The highest BCUT2D eigenvalue weighted by molar-refractivity contribution is 6.30. The smallest absolute Gasteiger partial charge is 0.281 e. The van der Waals surface area contributed by atoms with E-state index in [2.05, 4.69) is 32.8 Å². The molecule has 0 radical (unpaired) electrons. The lowest BCUT2D eigenvalue weighted by Crippen LogP contribution is -2.53. The number of halogens is 1. The van der Waals surface area contributed by atoms with Gasteiger partial charge in [0.05, 0.1) is 0 Å². The van der Waals surface area contributed by atoms with E-state index in [4.69, 9.17) is 16.3 Å². The van der Waals surface area contributed by atoms with Crippen LogP contribution in [0.4, 0.5) is 5.69 Å². The van der Waals surface area contributed by atoms with E-state index in [0.717, 1.165) is 26.2 Å². The van der Waals surface area contributed by atoms with Gasteiger partial charge in [-0.25, -0.2) is 0 Å². The molecule has 2 amide bonds. The molecule has 3 rings (SSSR count). The third-order valence-electron chi connectivity index (χ3n) is 5.20. The van der Waals surface area contributed by atoms with Crippen molar-refractivity contribution in [2.75, 3.05) is 37.6 Å². The van der Waals surface area contributed by atoms with Crippen molar-refractivity contribution in [1.82, 2.24) is 15.8 Å². The molecular formula is C23H29ClN4O3. The summed E-state index contributed by atoms with van der Waals surface area (Å²) in [6.45, 7) is 7.57. The second-order valence-corrected chi connectivity index (χ2v) is 8.42. The van der Waals surface area contributed by atoms with E-state index in [1.54, 1.807) is 38.1 Å². The molecule has 0 aliphatic carbocycles. The van der Waals surface area contributed by atoms with Crippen molar-refractivity contribution in [3.05, 3.63) is 59.6 Å². The molecule has 0 unspecified atom stereocenters. The van der Waals surface area contributed by atoms with Gasteiger partial charge in [0.15, 0.2) is 5.60 Å². The van der Waals surface area contributed by atoms with Gasteiger partial charge in [-0.15, -0.1) is 0 Å². The van der Waals surface area contributed by atoms with Gasteiger partial charge < -0.3 is 9.64 Å². The zero-order valence-corrected chi connectivity index (χ0v) is 18.7. The Labute approximate surface area is 188 Å². The van der Waals surface area contributed by atoms with Gasteiger partial charge >= 0.3 is 0 Å². The van der Waals surface area contributed by atoms with Crippen LogP contribution in [0.3, 0.4) is 0 Å². The van der Waals surface area contributed by atoms with Crippen molar-refractivity contribution < 1.29 is 14.3 Å². The average Bonchev–Trinajstić information content (AvgIpc) is 2.78. The van der Waals surface area contributed by atoms with Gasteiger partial charge in [-0.2, -0.15) is 0 Å².